The van der Waals surface area contributed by atoms with Crippen molar-refractivity contribution in [3.63, 3.8) is 0 Å². The summed E-state index contributed by atoms with van der Waals surface area (Å²) in [4.78, 5) is 34.8. The number of urea groups is 1. The second kappa shape index (κ2) is 7.01. The Balaban J connectivity index is 1.89. The number of amides is 3. The van der Waals surface area contributed by atoms with E-state index in [-0.39, 0.29) is 11.9 Å². The molecular weight excluding hydrogens is 306 g/mol. The maximum absolute atomic E-state index is 12.7. The average Bonchev–Trinajstić information content (AvgIpc) is 2.95. The number of fused-ring (bicyclic) bond motifs is 1. The van der Waals surface area contributed by atoms with Gasteiger partial charge in [-0.1, -0.05) is 19.8 Å². The normalized spacial score (nSPS) is 25.5. The highest BCUT2D eigenvalue weighted by Crippen LogP contribution is 2.20. The van der Waals surface area contributed by atoms with Crippen molar-refractivity contribution in [1.82, 2.24) is 14.7 Å². The summed E-state index contributed by atoms with van der Waals surface area (Å²) in [6.07, 6.45) is 5.82. The minimum absolute atomic E-state index is 0.165. The first-order valence-electron chi connectivity index (χ1n) is 9.03. The molecule has 7 nitrogen and oxygen atoms in total. The monoisotopic (exact) mass is 334 g/mol. The van der Waals surface area contributed by atoms with Crippen molar-refractivity contribution in [3.8, 4) is 0 Å². The molecule has 0 aromatic rings. The third-order valence-corrected chi connectivity index (χ3v) is 5.18. The highest BCUT2D eigenvalue weighted by Gasteiger charge is 2.52. The molecule has 0 N–H and O–H groups in total. The molecule has 3 aliphatic heterocycles. The van der Waals surface area contributed by atoms with Crippen LogP contribution in [0.4, 0.5) is 4.79 Å². The molecule has 2 fully saturated rings. The summed E-state index contributed by atoms with van der Waals surface area (Å²) >= 11 is 0. The zero-order chi connectivity index (χ0) is 17.3. The molecule has 0 radical (unpaired) electrons. The van der Waals surface area contributed by atoms with Crippen molar-refractivity contribution < 1.29 is 14.2 Å². The number of hydrogen-bond acceptors (Lipinski definition) is 4. The lowest BCUT2D eigenvalue weighted by Gasteiger charge is -2.30. The van der Waals surface area contributed by atoms with Gasteiger partial charge in [-0.15, -0.1) is 0 Å². The first-order valence-corrected chi connectivity index (χ1v) is 9.03. The number of carbonyl (C=O) groups excluding carboxylic acids is 2. The fraction of sp³-hybridized carbons (Fsp3) is 0.765. The van der Waals surface area contributed by atoms with E-state index in [1.165, 1.54) is 29.1 Å². The summed E-state index contributed by atoms with van der Waals surface area (Å²) in [5.41, 5.74) is 0. The van der Waals surface area contributed by atoms with Crippen LogP contribution in [-0.2, 0) is 4.79 Å². The highest BCUT2D eigenvalue weighted by molar-refractivity contribution is 6.23. The van der Waals surface area contributed by atoms with Gasteiger partial charge in [0.25, 0.3) is 17.8 Å². The molecule has 24 heavy (non-hydrogen) atoms. The SMILES string of the molecule is CCCC[N+]1=C(CN2CCCCC2)N=C2C1C(=O)N(C)C(=O)N2C. The molecule has 2 saturated heterocycles. The number of carbonyl (C=O) groups is 2. The van der Waals surface area contributed by atoms with Crippen LogP contribution in [0.3, 0.4) is 0 Å². The largest absolute Gasteiger partial charge is 0.333 e. The lowest BCUT2D eigenvalue weighted by atomic mass is 10.1. The Morgan fingerprint density at radius 3 is 2.50 bits per heavy atom. The lowest BCUT2D eigenvalue weighted by Crippen LogP contribution is -2.61. The van der Waals surface area contributed by atoms with Crippen LogP contribution < -0.4 is 0 Å². The summed E-state index contributed by atoms with van der Waals surface area (Å²) in [5, 5.41) is 0. The Morgan fingerprint density at radius 2 is 1.83 bits per heavy atom. The molecule has 3 rings (SSSR count). The number of imide groups is 1. The Morgan fingerprint density at radius 1 is 1.12 bits per heavy atom. The zero-order valence-electron chi connectivity index (χ0n) is 15.0. The van der Waals surface area contributed by atoms with E-state index >= 15 is 0 Å². The van der Waals surface area contributed by atoms with Crippen LogP contribution in [0, 0.1) is 0 Å². The highest BCUT2D eigenvalue weighted by atomic mass is 16.2. The van der Waals surface area contributed by atoms with E-state index in [0.717, 1.165) is 44.9 Å². The molecule has 0 aliphatic carbocycles. The molecule has 0 bridgehead atoms. The van der Waals surface area contributed by atoms with Gasteiger partial charge >= 0.3 is 11.9 Å². The molecule has 3 heterocycles. The van der Waals surface area contributed by atoms with E-state index in [0.29, 0.717) is 5.84 Å². The number of likely N-dealkylation sites (tertiary alicyclic amines) is 1. The molecule has 3 aliphatic rings. The van der Waals surface area contributed by atoms with Crippen LogP contribution in [0.2, 0.25) is 0 Å². The van der Waals surface area contributed by atoms with E-state index in [2.05, 4.69) is 16.4 Å². The van der Waals surface area contributed by atoms with Crippen LogP contribution in [0.1, 0.15) is 39.0 Å². The van der Waals surface area contributed by atoms with E-state index in [1.807, 2.05) is 0 Å². The number of amidine groups is 2. The van der Waals surface area contributed by atoms with Gasteiger partial charge in [0.15, 0.2) is 0 Å². The fourth-order valence-corrected chi connectivity index (χ4v) is 3.68. The summed E-state index contributed by atoms with van der Waals surface area (Å²) in [7, 11) is 3.26. The van der Waals surface area contributed by atoms with Gasteiger partial charge in [0.1, 0.15) is 6.54 Å². The number of likely N-dealkylation sites (N-methyl/N-ethyl adjacent to an activating group) is 2. The molecule has 0 spiro atoms. The van der Waals surface area contributed by atoms with Gasteiger partial charge in [-0.05, 0) is 37.3 Å². The van der Waals surface area contributed by atoms with Gasteiger partial charge in [-0.3, -0.25) is 19.5 Å². The molecular formula is C17H28N5O2+. The van der Waals surface area contributed by atoms with E-state index in [9.17, 15) is 9.59 Å². The van der Waals surface area contributed by atoms with Gasteiger partial charge in [-0.25, -0.2) is 9.37 Å². The lowest BCUT2D eigenvalue weighted by molar-refractivity contribution is -0.536. The predicted octanol–water partition coefficient (Wildman–Crippen LogP) is 0.988. The van der Waals surface area contributed by atoms with Gasteiger partial charge in [-0.2, -0.15) is 0 Å². The molecule has 7 heteroatoms. The molecule has 1 unspecified atom stereocenters. The van der Waals surface area contributed by atoms with Crippen molar-refractivity contribution in [1.29, 1.82) is 0 Å². The summed E-state index contributed by atoms with van der Waals surface area (Å²) in [6.45, 7) is 5.89. The number of aliphatic imine (C=N–C) groups is 1. The minimum Gasteiger partial charge on any atom is -0.292 e. The number of piperidine rings is 1. The standard InChI is InChI=1S/C17H28N5O2/c1-4-5-11-22-13(12-21-9-7-6-8-10-21)18-15-14(22)16(23)20(3)17(24)19(15)2/h14H,4-12H2,1-3H3/q+1. The fourth-order valence-electron chi connectivity index (χ4n) is 3.68. The topological polar surface area (TPSA) is 59.2 Å². The number of nitrogens with zero attached hydrogens (tertiary/aromatic N) is 5. The van der Waals surface area contributed by atoms with Crippen LogP contribution in [-0.4, -0.2) is 89.2 Å². The Kier molecular flexibility index (Phi) is 4.99. The smallest absolute Gasteiger partial charge is 0.292 e. The molecule has 1 atom stereocenters. The molecule has 132 valence electrons. The third kappa shape index (κ3) is 2.97. The molecule has 0 saturated carbocycles. The zero-order valence-corrected chi connectivity index (χ0v) is 15.0. The maximum atomic E-state index is 12.7. The third-order valence-electron chi connectivity index (χ3n) is 5.18. The van der Waals surface area contributed by atoms with Crippen LogP contribution in [0.15, 0.2) is 4.99 Å². The Bertz CT molecular complexity index is 592. The van der Waals surface area contributed by atoms with Crippen molar-refractivity contribution in [2.75, 3.05) is 40.3 Å². The average molecular weight is 334 g/mol. The van der Waals surface area contributed by atoms with Crippen molar-refractivity contribution in [2.24, 2.45) is 4.99 Å². The summed E-state index contributed by atoms with van der Waals surface area (Å²) in [5.74, 6) is 1.36. The van der Waals surface area contributed by atoms with Gasteiger partial charge in [0.2, 0.25) is 0 Å². The Hall–Kier alpha value is -1.76. The van der Waals surface area contributed by atoms with Gasteiger partial charge in [0, 0.05) is 14.1 Å². The van der Waals surface area contributed by atoms with E-state index in [4.69, 9.17) is 4.99 Å². The predicted molar refractivity (Wildman–Crippen MR) is 92.5 cm³/mol. The Labute approximate surface area is 143 Å². The summed E-state index contributed by atoms with van der Waals surface area (Å²) < 4.78 is 2.12. The second-order valence-electron chi connectivity index (χ2n) is 6.91. The van der Waals surface area contributed by atoms with Gasteiger partial charge < -0.3 is 0 Å². The molecule has 3 amide bonds. The number of rotatable bonds is 5. The van der Waals surface area contributed by atoms with E-state index < -0.39 is 6.04 Å². The summed E-state index contributed by atoms with van der Waals surface area (Å²) in [6, 6.07) is -0.742. The van der Waals surface area contributed by atoms with Crippen LogP contribution in [0.25, 0.3) is 0 Å². The maximum Gasteiger partial charge on any atom is 0.333 e. The van der Waals surface area contributed by atoms with Crippen molar-refractivity contribution in [3.05, 3.63) is 0 Å². The van der Waals surface area contributed by atoms with Crippen LogP contribution in [0.5, 0.6) is 0 Å². The van der Waals surface area contributed by atoms with Gasteiger partial charge in [0.05, 0.1) is 6.54 Å². The van der Waals surface area contributed by atoms with E-state index in [1.54, 1.807) is 14.1 Å². The first-order chi connectivity index (χ1) is 11.5. The quantitative estimate of drug-likeness (QED) is 0.705. The number of hydrogen-bond donors (Lipinski definition) is 0. The second-order valence-corrected chi connectivity index (χ2v) is 6.91. The molecule has 0 aromatic carbocycles. The molecule has 0 aromatic heterocycles. The van der Waals surface area contributed by atoms with Crippen molar-refractivity contribution in [2.45, 2.75) is 45.1 Å². The van der Waals surface area contributed by atoms with Crippen molar-refractivity contribution >= 4 is 23.6 Å². The first kappa shape index (κ1) is 17.1. The van der Waals surface area contributed by atoms with Crippen LogP contribution >= 0.6 is 0 Å². The number of unbranched alkanes of at least 4 members (excludes halogenated alkanes) is 1. The minimum atomic E-state index is -0.441.